The number of rotatable bonds is 6. The Hall–Kier alpha value is -2.15. The van der Waals surface area contributed by atoms with Gasteiger partial charge in [0.15, 0.2) is 0 Å². The number of aliphatic hydroxyl groups excluding tert-OH is 1. The summed E-state index contributed by atoms with van der Waals surface area (Å²) < 4.78 is 0. The van der Waals surface area contributed by atoms with Crippen LogP contribution in [0, 0.1) is 5.92 Å². The van der Waals surface area contributed by atoms with Crippen molar-refractivity contribution in [2.75, 3.05) is 13.1 Å². The largest absolute Gasteiger partial charge is 0.392 e. The summed E-state index contributed by atoms with van der Waals surface area (Å²) in [6, 6.07) is 9.32. The van der Waals surface area contributed by atoms with E-state index in [1.54, 1.807) is 17.1 Å². The van der Waals surface area contributed by atoms with Gasteiger partial charge in [0, 0.05) is 41.5 Å². The van der Waals surface area contributed by atoms with Crippen LogP contribution in [0.25, 0.3) is 6.08 Å². The third kappa shape index (κ3) is 5.44. The Labute approximate surface area is 173 Å². The van der Waals surface area contributed by atoms with Crippen molar-refractivity contribution in [1.29, 1.82) is 0 Å². The van der Waals surface area contributed by atoms with E-state index < -0.39 is 0 Å². The SMILES string of the molecule is O=C(NCc1ccccc1Cl)C1CCN(C(=O)/C=C/c2cc(CO)cs2)CC1. The Kier molecular flexibility index (Phi) is 7.25. The molecule has 2 heterocycles. The summed E-state index contributed by atoms with van der Waals surface area (Å²) in [5, 5.41) is 14.6. The fourth-order valence-corrected chi connectivity index (χ4v) is 4.15. The molecular formula is C21H23ClN2O3S. The van der Waals surface area contributed by atoms with Crippen molar-refractivity contribution in [3.8, 4) is 0 Å². The van der Waals surface area contributed by atoms with Gasteiger partial charge in [-0.1, -0.05) is 29.8 Å². The predicted molar refractivity (Wildman–Crippen MR) is 112 cm³/mol. The Morgan fingerprint density at radius 3 is 2.71 bits per heavy atom. The van der Waals surface area contributed by atoms with Crippen LogP contribution in [0.2, 0.25) is 5.02 Å². The van der Waals surface area contributed by atoms with Gasteiger partial charge in [-0.25, -0.2) is 0 Å². The molecule has 1 aromatic heterocycles. The smallest absolute Gasteiger partial charge is 0.246 e. The van der Waals surface area contributed by atoms with Crippen LogP contribution in [0.4, 0.5) is 0 Å². The molecule has 1 fully saturated rings. The van der Waals surface area contributed by atoms with Gasteiger partial charge in [-0.2, -0.15) is 0 Å². The maximum absolute atomic E-state index is 12.4. The van der Waals surface area contributed by atoms with Gasteiger partial charge < -0.3 is 15.3 Å². The van der Waals surface area contributed by atoms with Gasteiger partial charge >= 0.3 is 0 Å². The Morgan fingerprint density at radius 1 is 1.29 bits per heavy atom. The van der Waals surface area contributed by atoms with Crippen LogP contribution in [-0.2, 0) is 22.7 Å². The number of halogens is 1. The Bertz CT molecular complexity index is 857. The van der Waals surface area contributed by atoms with Crippen molar-refractivity contribution in [2.45, 2.75) is 26.0 Å². The second kappa shape index (κ2) is 9.87. The lowest BCUT2D eigenvalue weighted by atomic mass is 9.95. The van der Waals surface area contributed by atoms with E-state index in [1.807, 2.05) is 35.7 Å². The van der Waals surface area contributed by atoms with Gasteiger partial charge in [0.25, 0.3) is 0 Å². The molecular weight excluding hydrogens is 396 g/mol. The average Bonchev–Trinajstić information content (AvgIpc) is 3.19. The maximum Gasteiger partial charge on any atom is 0.246 e. The van der Waals surface area contributed by atoms with Crippen LogP contribution in [0.1, 0.15) is 28.8 Å². The molecule has 2 aromatic rings. The highest BCUT2D eigenvalue weighted by Gasteiger charge is 2.26. The molecule has 0 bridgehead atoms. The number of hydrogen-bond acceptors (Lipinski definition) is 4. The Morgan fingerprint density at radius 2 is 2.04 bits per heavy atom. The van der Waals surface area contributed by atoms with Crippen molar-refractivity contribution in [2.24, 2.45) is 5.92 Å². The van der Waals surface area contributed by atoms with Gasteiger partial charge in [-0.3, -0.25) is 9.59 Å². The highest BCUT2D eigenvalue weighted by atomic mass is 35.5. The number of nitrogens with one attached hydrogen (secondary N) is 1. The molecule has 2 N–H and O–H groups in total. The summed E-state index contributed by atoms with van der Waals surface area (Å²) in [5.41, 5.74) is 1.74. The minimum Gasteiger partial charge on any atom is -0.392 e. The molecule has 1 aliphatic heterocycles. The lowest BCUT2D eigenvalue weighted by molar-refractivity contribution is -0.132. The fraction of sp³-hybridized carbons (Fsp3) is 0.333. The molecule has 2 amide bonds. The molecule has 0 atom stereocenters. The molecule has 1 aliphatic rings. The number of benzene rings is 1. The highest BCUT2D eigenvalue weighted by Crippen LogP contribution is 2.20. The summed E-state index contributed by atoms with van der Waals surface area (Å²) in [5.74, 6) is -0.119. The highest BCUT2D eigenvalue weighted by molar-refractivity contribution is 7.11. The number of thiophene rings is 1. The summed E-state index contributed by atoms with van der Waals surface area (Å²) in [7, 11) is 0. The van der Waals surface area contributed by atoms with Gasteiger partial charge in [0.1, 0.15) is 0 Å². The molecule has 0 aliphatic carbocycles. The van der Waals surface area contributed by atoms with E-state index in [1.165, 1.54) is 11.3 Å². The van der Waals surface area contributed by atoms with Crippen LogP contribution in [0.15, 0.2) is 41.8 Å². The zero-order chi connectivity index (χ0) is 19.9. The summed E-state index contributed by atoms with van der Waals surface area (Å²) >= 11 is 7.61. The summed E-state index contributed by atoms with van der Waals surface area (Å²) in [6.07, 6.45) is 4.64. The molecule has 5 nitrogen and oxygen atoms in total. The summed E-state index contributed by atoms with van der Waals surface area (Å²) in [4.78, 5) is 27.5. The molecule has 148 valence electrons. The zero-order valence-corrected chi connectivity index (χ0v) is 17.0. The number of amides is 2. The first-order chi connectivity index (χ1) is 13.6. The van der Waals surface area contributed by atoms with E-state index in [4.69, 9.17) is 16.7 Å². The van der Waals surface area contributed by atoms with Crippen LogP contribution >= 0.6 is 22.9 Å². The molecule has 1 aromatic carbocycles. The number of aliphatic hydroxyl groups is 1. The zero-order valence-electron chi connectivity index (χ0n) is 15.4. The first-order valence-corrected chi connectivity index (χ1v) is 10.5. The minimum atomic E-state index is -0.0834. The Balaban J connectivity index is 1.45. The predicted octanol–water partition coefficient (Wildman–Crippen LogP) is 3.46. The fourth-order valence-electron chi connectivity index (χ4n) is 3.15. The average molecular weight is 419 g/mol. The van der Waals surface area contributed by atoms with Crippen molar-refractivity contribution in [3.05, 3.63) is 62.8 Å². The third-order valence-corrected chi connectivity index (χ3v) is 6.15. The number of hydrogen-bond donors (Lipinski definition) is 2. The van der Waals surface area contributed by atoms with Gasteiger partial charge in [0.2, 0.25) is 11.8 Å². The van der Waals surface area contributed by atoms with Gasteiger partial charge in [0.05, 0.1) is 6.61 Å². The number of carbonyl (C=O) groups is 2. The quantitative estimate of drug-likeness (QED) is 0.706. The second-order valence-electron chi connectivity index (χ2n) is 6.76. The lowest BCUT2D eigenvalue weighted by Crippen LogP contribution is -2.42. The van der Waals surface area contributed by atoms with Crippen molar-refractivity contribution < 1.29 is 14.7 Å². The van der Waals surface area contributed by atoms with Gasteiger partial charge in [-0.15, -0.1) is 11.3 Å². The van der Waals surface area contributed by atoms with Gasteiger partial charge in [-0.05, 0) is 47.6 Å². The van der Waals surface area contributed by atoms with Crippen molar-refractivity contribution in [3.63, 3.8) is 0 Å². The lowest BCUT2D eigenvalue weighted by Gasteiger charge is -2.30. The van der Waals surface area contributed by atoms with Crippen LogP contribution in [0.5, 0.6) is 0 Å². The van der Waals surface area contributed by atoms with E-state index in [9.17, 15) is 9.59 Å². The molecule has 0 radical (unpaired) electrons. The normalized spacial score (nSPS) is 15.1. The molecule has 7 heteroatoms. The molecule has 0 saturated carbocycles. The molecule has 3 rings (SSSR count). The standard InChI is InChI=1S/C21H23ClN2O3S/c22-19-4-2-1-3-17(19)12-23-21(27)16-7-9-24(10-8-16)20(26)6-5-18-11-15(13-25)14-28-18/h1-6,11,14,16,25H,7-10,12-13H2,(H,23,27)/b6-5+. The monoisotopic (exact) mass is 418 g/mol. The topological polar surface area (TPSA) is 69.6 Å². The van der Waals surface area contributed by atoms with Crippen LogP contribution in [0.3, 0.4) is 0 Å². The number of likely N-dealkylation sites (tertiary alicyclic amines) is 1. The first kappa shape index (κ1) is 20.6. The third-order valence-electron chi connectivity index (χ3n) is 4.84. The van der Waals surface area contributed by atoms with E-state index in [0.717, 1.165) is 16.0 Å². The van der Waals surface area contributed by atoms with E-state index >= 15 is 0 Å². The molecule has 0 spiro atoms. The molecule has 1 saturated heterocycles. The first-order valence-electron chi connectivity index (χ1n) is 9.23. The van der Waals surface area contributed by atoms with E-state index in [2.05, 4.69) is 5.32 Å². The second-order valence-corrected chi connectivity index (χ2v) is 8.11. The van der Waals surface area contributed by atoms with Crippen LogP contribution < -0.4 is 5.32 Å². The maximum atomic E-state index is 12.4. The van der Waals surface area contributed by atoms with Crippen LogP contribution in [-0.4, -0.2) is 34.9 Å². The number of carbonyl (C=O) groups excluding carboxylic acids is 2. The molecule has 0 unspecified atom stereocenters. The van der Waals surface area contributed by atoms with Crippen molar-refractivity contribution in [1.82, 2.24) is 10.2 Å². The van der Waals surface area contributed by atoms with E-state index in [-0.39, 0.29) is 24.3 Å². The number of piperidine rings is 1. The number of nitrogens with zero attached hydrogens (tertiary/aromatic N) is 1. The minimum absolute atomic E-state index is 0.00431. The summed E-state index contributed by atoms with van der Waals surface area (Å²) in [6.45, 7) is 1.56. The van der Waals surface area contributed by atoms with E-state index in [0.29, 0.717) is 37.5 Å². The van der Waals surface area contributed by atoms with Crippen molar-refractivity contribution >= 4 is 40.8 Å². The molecule has 28 heavy (non-hydrogen) atoms.